The molecule has 163 valence electrons. The molecule has 0 saturated carbocycles. The summed E-state index contributed by atoms with van der Waals surface area (Å²) in [5.41, 5.74) is 2.88. The average Bonchev–Trinajstić information content (AvgIpc) is 3.20. The molecule has 0 aliphatic carbocycles. The SMILES string of the molecule is CC(O)CC(C)O.[Ir].[c-]1ccccc1-c1nnc(-c2ccccc2)n1-c1ccncc1. The summed E-state index contributed by atoms with van der Waals surface area (Å²) in [6, 6.07) is 24.9. The minimum atomic E-state index is -0.375. The Morgan fingerprint density at radius 2 is 1.45 bits per heavy atom. The number of aliphatic hydroxyl groups is 2. The van der Waals surface area contributed by atoms with Gasteiger partial charge in [0.2, 0.25) is 0 Å². The largest absolute Gasteiger partial charge is 0.393 e. The van der Waals surface area contributed by atoms with Gasteiger partial charge in [-0.05, 0) is 32.4 Å². The van der Waals surface area contributed by atoms with Crippen LogP contribution in [0.4, 0.5) is 0 Å². The van der Waals surface area contributed by atoms with E-state index < -0.39 is 0 Å². The molecule has 0 aliphatic rings. The zero-order valence-electron chi connectivity index (χ0n) is 17.4. The molecule has 1 radical (unpaired) electrons. The van der Waals surface area contributed by atoms with Crippen LogP contribution < -0.4 is 0 Å². The van der Waals surface area contributed by atoms with E-state index in [2.05, 4.69) is 21.2 Å². The molecule has 4 aromatic rings. The smallest absolute Gasteiger partial charge is 0.159 e. The molecule has 0 spiro atoms. The van der Waals surface area contributed by atoms with Crippen molar-refractivity contribution in [2.75, 3.05) is 0 Å². The van der Waals surface area contributed by atoms with Crippen molar-refractivity contribution in [3.8, 4) is 28.5 Å². The zero-order valence-corrected chi connectivity index (χ0v) is 19.8. The monoisotopic (exact) mass is 594 g/mol. The molecule has 0 amide bonds. The summed E-state index contributed by atoms with van der Waals surface area (Å²) in [5, 5.41) is 25.9. The second-order valence-electron chi connectivity index (χ2n) is 6.96. The van der Waals surface area contributed by atoms with Crippen molar-refractivity contribution in [3.05, 3.63) is 85.2 Å². The number of rotatable bonds is 5. The fraction of sp³-hybridized carbons (Fsp3) is 0.208. The topological polar surface area (TPSA) is 84.1 Å². The Labute approximate surface area is 196 Å². The molecule has 0 aliphatic heterocycles. The fourth-order valence-electron chi connectivity index (χ4n) is 3.00. The Morgan fingerprint density at radius 1 is 0.839 bits per heavy atom. The van der Waals surface area contributed by atoms with Gasteiger partial charge in [-0.1, -0.05) is 30.3 Å². The predicted octanol–water partition coefficient (Wildman–Crippen LogP) is 3.93. The fourth-order valence-corrected chi connectivity index (χ4v) is 3.00. The first-order valence-corrected chi connectivity index (χ1v) is 9.80. The van der Waals surface area contributed by atoms with Crippen LogP contribution in [0.1, 0.15) is 20.3 Å². The second kappa shape index (κ2) is 12.2. The van der Waals surface area contributed by atoms with Gasteiger partial charge in [0, 0.05) is 43.7 Å². The molecule has 31 heavy (non-hydrogen) atoms. The molecule has 0 bridgehead atoms. The number of hydrogen-bond acceptors (Lipinski definition) is 5. The summed E-state index contributed by atoms with van der Waals surface area (Å²) in [6.45, 7) is 3.32. The first-order chi connectivity index (χ1) is 14.6. The number of aliphatic hydroxyl groups excluding tert-OH is 2. The van der Waals surface area contributed by atoms with Crippen molar-refractivity contribution in [1.29, 1.82) is 0 Å². The molecule has 0 saturated heterocycles. The van der Waals surface area contributed by atoms with Gasteiger partial charge >= 0.3 is 0 Å². The maximum Gasteiger partial charge on any atom is 0.159 e. The van der Waals surface area contributed by atoms with Gasteiger partial charge in [0.05, 0.1) is 18.0 Å². The van der Waals surface area contributed by atoms with E-state index in [1.165, 1.54) is 0 Å². The van der Waals surface area contributed by atoms with E-state index in [-0.39, 0.29) is 32.3 Å². The minimum absolute atomic E-state index is 0. The summed E-state index contributed by atoms with van der Waals surface area (Å²) < 4.78 is 2.03. The van der Waals surface area contributed by atoms with Crippen molar-refractivity contribution in [2.45, 2.75) is 32.5 Å². The summed E-state index contributed by atoms with van der Waals surface area (Å²) in [5.74, 6) is 1.56. The average molecular weight is 594 g/mol. The number of nitrogens with zero attached hydrogens (tertiary/aromatic N) is 4. The number of pyridine rings is 1. The summed E-state index contributed by atoms with van der Waals surface area (Å²) >= 11 is 0. The van der Waals surface area contributed by atoms with Gasteiger partial charge in [-0.15, -0.1) is 41.0 Å². The van der Waals surface area contributed by atoms with Crippen LogP contribution in [0.2, 0.25) is 0 Å². The molecule has 2 aromatic carbocycles. The van der Waals surface area contributed by atoms with E-state index in [1.807, 2.05) is 71.3 Å². The van der Waals surface area contributed by atoms with Crippen molar-refractivity contribution in [1.82, 2.24) is 19.7 Å². The van der Waals surface area contributed by atoms with Gasteiger partial charge in [-0.2, -0.15) is 5.10 Å². The third-order valence-electron chi connectivity index (χ3n) is 4.25. The molecule has 2 unspecified atom stereocenters. The molecule has 2 N–H and O–H groups in total. The summed E-state index contributed by atoms with van der Waals surface area (Å²) in [7, 11) is 0. The van der Waals surface area contributed by atoms with Crippen molar-refractivity contribution < 1.29 is 30.3 Å². The first-order valence-electron chi connectivity index (χ1n) is 9.80. The predicted molar refractivity (Wildman–Crippen MR) is 117 cm³/mol. The van der Waals surface area contributed by atoms with Gasteiger partial charge in [0.1, 0.15) is 0 Å². The Hall–Kier alpha value is -2.70. The third kappa shape index (κ3) is 6.91. The Bertz CT molecular complexity index is 960. The van der Waals surface area contributed by atoms with Crippen LogP contribution in [0.3, 0.4) is 0 Å². The van der Waals surface area contributed by atoms with Crippen LogP contribution in [-0.2, 0) is 20.1 Å². The van der Waals surface area contributed by atoms with Crippen LogP contribution in [0.15, 0.2) is 79.1 Å². The van der Waals surface area contributed by atoms with E-state index in [9.17, 15) is 0 Å². The first kappa shape index (κ1) is 24.6. The van der Waals surface area contributed by atoms with Crippen LogP contribution in [-0.4, -0.2) is 42.2 Å². The molecule has 2 heterocycles. The van der Waals surface area contributed by atoms with E-state index in [1.54, 1.807) is 26.2 Å². The molecular weight excluding hydrogens is 569 g/mol. The van der Waals surface area contributed by atoms with Gasteiger partial charge in [0.25, 0.3) is 0 Å². The third-order valence-corrected chi connectivity index (χ3v) is 4.25. The van der Waals surface area contributed by atoms with Gasteiger partial charge in [0.15, 0.2) is 5.82 Å². The molecule has 0 fully saturated rings. The van der Waals surface area contributed by atoms with Crippen molar-refractivity contribution >= 4 is 0 Å². The second-order valence-corrected chi connectivity index (χ2v) is 6.96. The Morgan fingerprint density at radius 3 is 2.00 bits per heavy atom. The van der Waals surface area contributed by atoms with E-state index >= 15 is 0 Å². The molecule has 7 heteroatoms. The normalized spacial score (nSPS) is 12.1. The van der Waals surface area contributed by atoms with Gasteiger partial charge < -0.3 is 14.8 Å². The molecule has 2 atom stereocenters. The van der Waals surface area contributed by atoms with Crippen LogP contribution >= 0.6 is 0 Å². The molecule has 6 nitrogen and oxygen atoms in total. The van der Waals surface area contributed by atoms with E-state index in [4.69, 9.17) is 10.2 Å². The van der Waals surface area contributed by atoms with Gasteiger partial charge in [-0.25, -0.2) is 0 Å². The number of hydrogen-bond donors (Lipinski definition) is 2. The quantitative estimate of drug-likeness (QED) is 0.343. The van der Waals surface area contributed by atoms with Gasteiger partial charge in [-0.3, -0.25) is 4.98 Å². The zero-order chi connectivity index (χ0) is 21.3. The van der Waals surface area contributed by atoms with Crippen molar-refractivity contribution in [2.24, 2.45) is 0 Å². The van der Waals surface area contributed by atoms with Crippen LogP contribution in [0.25, 0.3) is 28.5 Å². The maximum atomic E-state index is 8.56. The Kier molecular flexibility index (Phi) is 9.69. The van der Waals surface area contributed by atoms with E-state index in [0.717, 1.165) is 28.5 Å². The standard InChI is InChI=1S/C19H13N4.C5H12O2.Ir/c1-3-7-15(8-4-1)18-21-22-19(16-9-5-2-6-10-16)23(18)17-11-13-20-14-12-17;1-4(6)3-5(2)7;/h1-9,11-14H;4-7H,3H2,1-2H3;/q-1;;. The van der Waals surface area contributed by atoms with Crippen molar-refractivity contribution in [3.63, 3.8) is 0 Å². The number of aromatic nitrogens is 4. The van der Waals surface area contributed by atoms with E-state index in [0.29, 0.717) is 6.42 Å². The molecule has 4 rings (SSSR count). The number of benzene rings is 2. The Balaban J connectivity index is 0.000000373. The molecule has 2 aromatic heterocycles. The molecular formula is C24H25IrN4O2-. The van der Waals surface area contributed by atoms with Crippen LogP contribution in [0.5, 0.6) is 0 Å². The minimum Gasteiger partial charge on any atom is -0.393 e. The maximum absolute atomic E-state index is 8.56. The van der Waals surface area contributed by atoms with Crippen LogP contribution in [0, 0.1) is 6.07 Å². The summed E-state index contributed by atoms with van der Waals surface area (Å²) in [4.78, 5) is 4.10. The summed E-state index contributed by atoms with van der Waals surface area (Å²) in [6.07, 6.45) is 3.26.